The SMILES string of the molecule is NC1CCCN(c2c(Br)cnc3[nH]cc(NC(=O)c4cccnc4)c23)C1. The van der Waals surface area contributed by atoms with E-state index in [1.54, 1.807) is 36.9 Å². The molecule has 1 atom stereocenters. The predicted molar refractivity (Wildman–Crippen MR) is 105 cm³/mol. The number of piperidine rings is 1. The van der Waals surface area contributed by atoms with Crippen molar-refractivity contribution in [2.45, 2.75) is 18.9 Å². The molecule has 1 unspecified atom stereocenters. The van der Waals surface area contributed by atoms with E-state index in [9.17, 15) is 4.79 Å². The number of rotatable bonds is 3. The molecule has 1 fully saturated rings. The van der Waals surface area contributed by atoms with Crippen LogP contribution in [0.25, 0.3) is 11.0 Å². The molecule has 1 aliphatic heterocycles. The molecule has 3 aromatic rings. The van der Waals surface area contributed by atoms with Crippen molar-refractivity contribution in [1.29, 1.82) is 0 Å². The molecule has 0 radical (unpaired) electrons. The average molecular weight is 415 g/mol. The fourth-order valence-electron chi connectivity index (χ4n) is 3.37. The van der Waals surface area contributed by atoms with E-state index in [0.717, 1.165) is 47.1 Å². The number of amides is 1. The van der Waals surface area contributed by atoms with Crippen LogP contribution in [0.15, 0.2) is 41.4 Å². The minimum atomic E-state index is -0.208. The van der Waals surface area contributed by atoms with Crippen molar-refractivity contribution in [2.75, 3.05) is 23.3 Å². The third-order valence-electron chi connectivity index (χ3n) is 4.58. The Morgan fingerprint density at radius 1 is 1.42 bits per heavy atom. The third-order valence-corrected chi connectivity index (χ3v) is 5.16. The van der Waals surface area contributed by atoms with Gasteiger partial charge in [0.05, 0.1) is 26.8 Å². The van der Waals surface area contributed by atoms with Crippen molar-refractivity contribution in [3.8, 4) is 0 Å². The van der Waals surface area contributed by atoms with Crippen molar-refractivity contribution >= 4 is 44.2 Å². The van der Waals surface area contributed by atoms with Gasteiger partial charge in [-0.15, -0.1) is 0 Å². The van der Waals surface area contributed by atoms with E-state index in [-0.39, 0.29) is 11.9 Å². The van der Waals surface area contributed by atoms with Crippen LogP contribution in [0.5, 0.6) is 0 Å². The van der Waals surface area contributed by atoms with Gasteiger partial charge in [-0.25, -0.2) is 4.98 Å². The van der Waals surface area contributed by atoms with E-state index in [0.29, 0.717) is 11.3 Å². The smallest absolute Gasteiger partial charge is 0.257 e. The minimum Gasteiger partial charge on any atom is -0.368 e. The number of aromatic nitrogens is 3. The second-order valence-corrected chi connectivity index (χ2v) is 7.28. The number of carbonyl (C=O) groups is 1. The first-order valence-electron chi connectivity index (χ1n) is 8.51. The van der Waals surface area contributed by atoms with E-state index in [1.165, 1.54) is 0 Å². The molecule has 26 heavy (non-hydrogen) atoms. The molecule has 0 aromatic carbocycles. The number of nitrogens with one attached hydrogen (secondary N) is 2. The summed E-state index contributed by atoms with van der Waals surface area (Å²) in [6, 6.07) is 3.62. The van der Waals surface area contributed by atoms with Gasteiger partial charge in [0, 0.05) is 43.9 Å². The highest BCUT2D eigenvalue weighted by Gasteiger charge is 2.24. The topological polar surface area (TPSA) is 99.9 Å². The first-order valence-corrected chi connectivity index (χ1v) is 9.30. The van der Waals surface area contributed by atoms with E-state index in [2.05, 4.69) is 41.1 Å². The van der Waals surface area contributed by atoms with Gasteiger partial charge in [-0.1, -0.05) is 0 Å². The Labute approximate surface area is 159 Å². The van der Waals surface area contributed by atoms with Gasteiger partial charge in [0.15, 0.2) is 0 Å². The highest BCUT2D eigenvalue weighted by molar-refractivity contribution is 9.10. The highest BCUT2D eigenvalue weighted by Crippen LogP contribution is 2.38. The number of hydrogen-bond donors (Lipinski definition) is 3. The largest absolute Gasteiger partial charge is 0.368 e. The van der Waals surface area contributed by atoms with E-state index in [4.69, 9.17) is 5.73 Å². The van der Waals surface area contributed by atoms with Gasteiger partial charge in [0.25, 0.3) is 5.91 Å². The number of nitrogens with two attached hydrogens (primary N) is 1. The third kappa shape index (κ3) is 3.17. The van der Waals surface area contributed by atoms with Crippen LogP contribution >= 0.6 is 15.9 Å². The normalized spacial score (nSPS) is 17.5. The summed E-state index contributed by atoms with van der Waals surface area (Å²) in [6.45, 7) is 1.70. The Kier molecular flexibility index (Phi) is 4.60. The minimum absolute atomic E-state index is 0.145. The molecule has 0 spiro atoms. The summed E-state index contributed by atoms with van der Waals surface area (Å²) < 4.78 is 0.885. The molecule has 1 saturated heterocycles. The Balaban J connectivity index is 1.74. The Hall–Kier alpha value is -2.45. The van der Waals surface area contributed by atoms with Crippen molar-refractivity contribution < 1.29 is 4.79 Å². The van der Waals surface area contributed by atoms with Crippen LogP contribution in [0, 0.1) is 0 Å². The van der Waals surface area contributed by atoms with Crippen LogP contribution in [0.2, 0.25) is 0 Å². The maximum Gasteiger partial charge on any atom is 0.257 e. The van der Waals surface area contributed by atoms with Crippen LogP contribution in [0.1, 0.15) is 23.2 Å². The molecular weight excluding hydrogens is 396 g/mol. The second-order valence-electron chi connectivity index (χ2n) is 6.42. The molecule has 134 valence electrons. The van der Waals surface area contributed by atoms with Gasteiger partial charge in [-0.05, 0) is 40.9 Å². The maximum atomic E-state index is 12.5. The number of aromatic amines is 1. The molecule has 8 heteroatoms. The summed E-state index contributed by atoms with van der Waals surface area (Å²) in [4.78, 5) is 26.4. The van der Waals surface area contributed by atoms with Gasteiger partial charge in [-0.3, -0.25) is 9.78 Å². The van der Waals surface area contributed by atoms with Crippen molar-refractivity contribution in [2.24, 2.45) is 5.73 Å². The van der Waals surface area contributed by atoms with Crippen LogP contribution in [-0.2, 0) is 0 Å². The highest BCUT2D eigenvalue weighted by atomic mass is 79.9. The molecular formula is C18H19BrN6O. The Morgan fingerprint density at radius 2 is 2.31 bits per heavy atom. The fraction of sp³-hybridized carbons (Fsp3) is 0.278. The number of anilines is 2. The number of halogens is 1. The molecule has 0 bridgehead atoms. The molecule has 4 heterocycles. The molecule has 0 aliphatic carbocycles. The van der Waals surface area contributed by atoms with Crippen molar-refractivity contribution in [1.82, 2.24) is 15.0 Å². The summed E-state index contributed by atoms with van der Waals surface area (Å²) in [5, 5.41) is 3.85. The maximum absolute atomic E-state index is 12.5. The van der Waals surface area contributed by atoms with Crippen molar-refractivity contribution in [3.05, 3.63) is 47.0 Å². The summed E-state index contributed by atoms with van der Waals surface area (Å²) in [5.41, 5.74) is 9.10. The monoisotopic (exact) mass is 414 g/mol. The molecule has 1 amide bonds. The number of fused-ring (bicyclic) bond motifs is 1. The molecule has 4 N–H and O–H groups in total. The van der Waals surface area contributed by atoms with Crippen LogP contribution in [-0.4, -0.2) is 40.0 Å². The van der Waals surface area contributed by atoms with Crippen LogP contribution in [0.4, 0.5) is 11.4 Å². The summed E-state index contributed by atoms with van der Waals surface area (Å²) in [6.07, 6.45) is 8.80. The lowest BCUT2D eigenvalue weighted by atomic mass is 10.1. The van der Waals surface area contributed by atoms with Gasteiger partial charge in [0.1, 0.15) is 5.65 Å². The predicted octanol–water partition coefficient (Wildman–Crippen LogP) is 2.90. The summed E-state index contributed by atoms with van der Waals surface area (Å²) in [5.74, 6) is -0.208. The number of hydrogen-bond acceptors (Lipinski definition) is 5. The van der Waals surface area contributed by atoms with Crippen LogP contribution in [0.3, 0.4) is 0 Å². The van der Waals surface area contributed by atoms with Gasteiger partial charge in [0.2, 0.25) is 0 Å². The zero-order valence-corrected chi connectivity index (χ0v) is 15.7. The number of carbonyl (C=O) groups excluding carboxylic acids is 1. The molecule has 4 rings (SSSR count). The van der Waals surface area contributed by atoms with Crippen LogP contribution < -0.4 is 16.0 Å². The first-order chi connectivity index (χ1) is 12.6. The quantitative estimate of drug-likeness (QED) is 0.611. The Morgan fingerprint density at radius 3 is 3.08 bits per heavy atom. The van der Waals surface area contributed by atoms with Gasteiger partial charge >= 0.3 is 0 Å². The molecule has 7 nitrogen and oxygen atoms in total. The van der Waals surface area contributed by atoms with Gasteiger partial charge in [-0.2, -0.15) is 0 Å². The first kappa shape index (κ1) is 17.0. The standard InChI is InChI=1S/C18H19BrN6O/c19-13-8-22-17-15(16(13)25-6-2-4-12(20)10-25)14(9-23-17)24-18(26)11-3-1-5-21-7-11/h1,3,5,7-9,12H,2,4,6,10,20H2,(H,22,23)(H,24,26). The van der Waals surface area contributed by atoms with Crippen molar-refractivity contribution in [3.63, 3.8) is 0 Å². The Bertz CT molecular complexity index is 942. The number of pyridine rings is 2. The van der Waals surface area contributed by atoms with E-state index >= 15 is 0 Å². The van der Waals surface area contributed by atoms with E-state index < -0.39 is 0 Å². The molecule has 0 saturated carbocycles. The average Bonchev–Trinajstić information content (AvgIpc) is 3.05. The number of nitrogens with zero attached hydrogens (tertiary/aromatic N) is 3. The second kappa shape index (κ2) is 7.05. The summed E-state index contributed by atoms with van der Waals surface area (Å²) in [7, 11) is 0. The zero-order chi connectivity index (χ0) is 18.1. The lowest BCUT2D eigenvalue weighted by molar-refractivity contribution is 0.102. The molecule has 1 aliphatic rings. The van der Waals surface area contributed by atoms with Gasteiger partial charge < -0.3 is 20.9 Å². The molecule has 3 aromatic heterocycles. The van der Waals surface area contributed by atoms with E-state index in [1.807, 2.05) is 0 Å². The lowest BCUT2D eigenvalue weighted by Gasteiger charge is -2.33. The summed E-state index contributed by atoms with van der Waals surface area (Å²) >= 11 is 3.62. The number of H-pyrrole nitrogens is 1. The fourth-order valence-corrected chi connectivity index (χ4v) is 3.92. The lowest BCUT2D eigenvalue weighted by Crippen LogP contribution is -2.43. The zero-order valence-electron chi connectivity index (χ0n) is 14.1.